The summed E-state index contributed by atoms with van der Waals surface area (Å²) in [4.78, 5) is 0. The van der Waals surface area contributed by atoms with Crippen molar-refractivity contribution >= 4 is 0 Å². The van der Waals surface area contributed by atoms with Crippen LogP contribution in [0.4, 0.5) is 4.39 Å². The van der Waals surface area contributed by atoms with Crippen molar-refractivity contribution in [2.45, 2.75) is 18.9 Å². The second-order valence-corrected chi connectivity index (χ2v) is 4.35. The van der Waals surface area contributed by atoms with Crippen LogP contribution < -0.4 is 5.32 Å². The summed E-state index contributed by atoms with van der Waals surface area (Å²) in [6.45, 7) is 0. The molecule has 18 heavy (non-hydrogen) atoms. The van der Waals surface area contributed by atoms with E-state index in [0.29, 0.717) is 0 Å². The average Bonchev–Trinajstić information content (AvgIpc) is 2.78. The Morgan fingerprint density at radius 2 is 2.11 bits per heavy atom. The fourth-order valence-electron chi connectivity index (χ4n) is 2.15. The maximum atomic E-state index is 13.7. The van der Waals surface area contributed by atoms with Gasteiger partial charge in [0, 0.05) is 30.5 Å². The van der Waals surface area contributed by atoms with Gasteiger partial charge in [-0.25, -0.2) is 4.39 Å². The Bertz CT molecular complexity index is 507. The van der Waals surface area contributed by atoms with E-state index in [1.807, 2.05) is 37.0 Å². The van der Waals surface area contributed by atoms with E-state index in [2.05, 4.69) is 10.4 Å². The second kappa shape index (κ2) is 5.78. The lowest BCUT2D eigenvalue weighted by Crippen LogP contribution is -2.18. The first-order valence-corrected chi connectivity index (χ1v) is 6.11. The van der Waals surface area contributed by atoms with Gasteiger partial charge in [-0.15, -0.1) is 0 Å². The van der Waals surface area contributed by atoms with Crippen LogP contribution in [0.2, 0.25) is 0 Å². The molecule has 0 radical (unpaired) electrons. The van der Waals surface area contributed by atoms with E-state index in [9.17, 15) is 4.39 Å². The van der Waals surface area contributed by atoms with Crippen molar-refractivity contribution < 1.29 is 4.39 Å². The summed E-state index contributed by atoms with van der Waals surface area (Å²) in [5.74, 6) is -0.151. The van der Waals surface area contributed by atoms with E-state index >= 15 is 0 Å². The van der Waals surface area contributed by atoms with E-state index in [4.69, 9.17) is 0 Å². The number of aryl methyl sites for hydroxylation is 2. The Balaban J connectivity index is 2.07. The van der Waals surface area contributed by atoms with Crippen molar-refractivity contribution in [3.05, 3.63) is 53.6 Å². The second-order valence-electron chi connectivity index (χ2n) is 4.35. The molecule has 0 saturated carbocycles. The molecule has 0 bridgehead atoms. The molecule has 1 unspecified atom stereocenters. The van der Waals surface area contributed by atoms with Crippen LogP contribution in [0.5, 0.6) is 0 Å². The van der Waals surface area contributed by atoms with Crippen LogP contribution in [0, 0.1) is 5.82 Å². The lowest BCUT2D eigenvalue weighted by molar-refractivity contribution is 0.501. The fourth-order valence-corrected chi connectivity index (χ4v) is 2.15. The Morgan fingerprint density at radius 1 is 1.33 bits per heavy atom. The number of nitrogens with one attached hydrogen (secondary N) is 1. The molecule has 0 spiro atoms. The maximum absolute atomic E-state index is 13.7. The van der Waals surface area contributed by atoms with Gasteiger partial charge in [-0.2, -0.15) is 5.10 Å². The largest absolute Gasteiger partial charge is 0.313 e. The zero-order chi connectivity index (χ0) is 13.0. The number of benzene rings is 1. The molecule has 96 valence electrons. The first-order valence-electron chi connectivity index (χ1n) is 6.11. The zero-order valence-electron chi connectivity index (χ0n) is 10.7. The van der Waals surface area contributed by atoms with Crippen LogP contribution in [-0.4, -0.2) is 16.8 Å². The molecule has 0 aliphatic rings. The summed E-state index contributed by atoms with van der Waals surface area (Å²) in [6.07, 6.45) is 3.50. The smallest absolute Gasteiger partial charge is 0.127 e. The molecule has 0 fully saturated rings. The minimum absolute atomic E-state index is 0.0288. The molecule has 1 aromatic heterocycles. The molecule has 0 aliphatic carbocycles. The van der Waals surface area contributed by atoms with Crippen molar-refractivity contribution in [3.8, 4) is 0 Å². The van der Waals surface area contributed by atoms with Crippen molar-refractivity contribution in [1.29, 1.82) is 0 Å². The van der Waals surface area contributed by atoms with Crippen LogP contribution in [0.3, 0.4) is 0 Å². The monoisotopic (exact) mass is 247 g/mol. The highest BCUT2D eigenvalue weighted by Gasteiger charge is 2.13. The van der Waals surface area contributed by atoms with Crippen molar-refractivity contribution in [1.82, 2.24) is 15.1 Å². The third-order valence-electron chi connectivity index (χ3n) is 3.24. The molecule has 1 N–H and O–H groups in total. The molecular formula is C14H18FN3. The van der Waals surface area contributed by atoms with Crippen molar-refractivity contribution in [2.75, 3.05) is 7.05 Å². The standard InChI is InChI=1S/C14H18FN3/c1-16-14(12-5-3-4-6-13(12)15)8-7-11-9-10-17-18(11)2/h3-6,9-10,14,16H,7-8H2,1-2H3. The predicted molar refractivity (Wildman–Crippen MR) is 69.7 cm³/mol. The number of rotatable bonds is 5. The first kappa shape index (κ1) is 12.8. The van der Waals surface area contributed by atoms with Gasteiger partial charge in [-0.05, 0) is 32.0 Å². The highest BCUT2D eigenvalue weighted by atomic mass is 19.1. The molecule has 1 aromatic carbocycles. The van der Waals surface area contributed by atoms with Gasteiger partial charge in [0.05, 0.1) is 0 Å². The molecule has 1 atom stereocenters. The fraction of sp³-hybridized carbons (Fsp3) is 0.357. The lowest BCUT2D eigenvalue weighted by atomic mass is 10.0. The summed E-state index contributed by atoms with van der Waals surface area (Å²) >= 11 is 0. The molecule has 0 amide bonds. The van der Waals surface area contributed by atoms with Crippen LogP contribution >= 0.6 is 0 Å². The van der Waals surface area contributed by atoms with Gasteiger partial charge in [0.25, 0.3) is 0 Å². The first-order chi connectivity index (χ1) is 8.72. The Morgan fingerprint density at radius 3 is 2.72 bits per heavy atom. The van der Waals surface area contributed by atoms with Crippen molar-refractivity contribution in [2.24, 2.45) is 7.05 Å². The number of halogens is 1. The van der Waals surface area contributed by atoms with E-state index in [0.717, 1.165) is 24.1 Å². The van der Waals surface area contributed by atoms with E-state index in [1.54, 1.807) is 12.3 Å². The third-order valence-corrected chi connectivity index (χ3v) is 3.24. The van der Waals surface area contributed by atoms with Crippen molar-refractivity contribution in [3.63, 3.8) is 0 Å². The Kier molecular flexibility index (Phi) is 4.10. The molecule has 3 nitrogen and oxygen atoms in total. The van der Waals surface area contributed by atoms with Crippen LogP contribution in [0.15, 0.2) is 36.5 Å². The van der Waals surface area contributed by atoms with Gasteiger partial charge in [-0.3, -0.25) is 4.68 Å². The highest BCUT2D eigenvalue weighted by Crippen LogP contribution is 2.21. The Labute approximate surface area is 107 Å². The summed E-state index contributed by atoms with van der Waals surface area (Å²) < 4.78 is 15.6. The van der Waals surface area contributed by atoms with Gasteiger partial charge in [0.1, 0.15) is 5.82 Å². The quantitative estimate of drug-likeness (QED) is 0.879. The number of nitrogens with zero attached hydrogens (tertiary/aromatic N) is 2. The van der Waals surface area contributed by atoms with E-state index in [-0.39, 0.29) is 11.9 Å². The molecule has 0 saturated heterocycles. The zero-order valence-corrected chi connectivity index (χ0v) is 10.7. The van der Waals surface area contributed by atoms with Gasteiger partial charge >= 0.3 is 0 Å². The molecular weight excluding hydrogens is 229 g/mol. The number of hydrogen-bond donors (Lipinski definition) is 1. The minimum atomic E-state index is -0.151. The van der Waals surface area contributed by atoms with Gasteiger partial charge in [-0.1, -0.05) is 18.2 Å². The highest BCUT2D eigenvalue weighted by molar-refractivity contribution is 5.21. The van der Waals surface area contributed by atoms with Gasteiger partial charge < -0.3 is 5.32 Å². The number of hydrogen-bond acceptors (Lipinski definition) is 2. The predicted octanol–water partition coefficient (Wildman–Crippen LogP) is 2.45. The average molecular weight is 247 g/mol. The molecule has 2 rings (SSSR count). The molecule has 4 heteroatoms. The molecule has 0 aliphatic heterocycles. The van der Waals surface area contributed by atoms with E-state index < -0.39 is 0 Å². The van der Waals surface area contributed by atoms with Gasteiger partial charge in [0.15, 0.2) is 0 Å². The topological polar surface area (TPSA) is 29.9 Å². The third kappa shape index (κ3) is 2.76. The van der Waals surface area contributed by atoms with Gasteiger partial charge in [0.2, 0.25) is 0 Å². The normalized spacial score (nSPS) is 12.6. The molecule has 1 heterocycles. The maximum Gasteiger partial charge on any atom is 0.127 e. The summed E-state index contributed by atoms with van der Waals surface area (Å²) in [5.41, 5.74) is 1.88. The van der Waals surface area contributed by atoms with Crippen LogP contribution in [0.1, 0.15) is 23.7 Å². The minimum Gasteiger partial charge on any atom is -0.313 e. The number of aromatic nitrogens is 2. The van der Waals surface area contributed by atoms with E-state index in [1.165, 1.54) is 6.07 Å². The van der Waals surface area contributed by atoms with Crippen LogP contribution in [0.25, 0.3) is 0 Å². The summed E-state index contributed by atoms with van der Waals surface area (Å²) in [7, 11) is 3.78. The SMILES string of the molecule is CNC(CCc1ccnn1C)c1ccccc1F. The Hall–Kier alpha value is -1.68. The molecule has 2 aromatic rings. The van der Waals surface area contributed by atoms with Crippen LogP contribution in [-0.2, 0) is 13.5 Å². The summed E-state index contributed by atoms with van der Waals surface area (Å²) in [6, 6.07) is 8.94. The lowest BCUT2D eigenvalue weighted by Gasteiger charge is -2.17. The summed E-state index contributed by atoms with van der Waals surface area (Å²) in [5, 5.41) is 7.30.